The molecule has 2 heterocycles. The van der Waals surface area contributed by atoms with Gasteiger partial charge in [-0.1, -0.05) is 72.8 Å². The molecule has 30 heavy (non-hydrogen) atoms. The molecule has 0 atom stereocenters. The number of nitrogens with zero attached hydrogens (tertiary/aromatic N) is 3. The Balaban J connectivity index is 1.84. The SMILES string of the molecule is N#Cc1c(-c2ccc3ccccc3n2)c(=O)n(Cc2ccccc2)c2ccccc12. The molecular formula is C26H17N3O. The van der Waals surface area contributed by atoms with Gasteiger partial charge in [-0.05, 0) is 23.8 Å². The molecule has 0 aliphatic carbocycles. The molecule has 0 bridgehead atoms. The minimum Gasteiger partial charge on any atom is -0.303 e. The van der Waals surface area contributed by atoms with E-state index >= 15 is 0 Å². The molecule has 0 spiro atoms. The van der Waals surface area contributed by atoms with E-state index in [1.165, 1.54) is 0 Å². The van der Waals surface area contributed by atoms with Gasteiger partial charge in [0, 0.05) is 10.8 Å². The maximum atomic E-state index is 13.7. The topological polar surface area (TPSA) is 58.7 Å². The van der Waals surface area contributed by atoms with E-state index < -0.39 is 0 Å². The molecule has 0 aliphatic rings. The van der Waals surface area contributed by atoms with E-state index in [2.05, 4.69) is 6.07 Å². The van der Waals surface area contributed by atoms with Gasteiger partial charge in [-0.15, -0.1) is 0 Å². The fraction of sp³-hybridized carbons (Fsp3) is 0.0385. The van der Waals surface area contributed by atoms with Crippen LogP contribution in [0.1, 0.15) is 11.1 Å². The van der Waals surface area contributed by atoms with Crippen LogP contribution in [0.3, 0.4) is 0 Å². The number of para-hydroxylation sites is 2. The van der Waals surface area contributed by atoms with Gasteiger partial charge in [0.25, 0.3) is 5.56 Å². The third-order valence-electron chi connectivity index (χ3n) is 5.32. The molecule has 0 saturated carbocycles. The van der Waals surface area contributed by atoms with Crippen LogP contribution in [0.5, 0.6) is 0 Å². The number of benzene rings is 3. The van der Waals surface area contributed by atoms with Gasteiger partial charge in [0.15, 0.2) is 0 Å². The van der Waals surface area contributed by atoms with Crippen molar-refractivity contribution in [2.24, 2.45) is 0 Å². The van der Waals surface area contributed by atoms with E-state index in [0.717, 1.165) is 27.4 Å². The highest BCUT2D eigenvalue weighted by molar-refractivity contribution is 5.92. The summed E-state index contributed by atoms with van der Waals surface area (Å²) in [6.07, 6.45) is 0. The van der Waals surface area contributed by atoms with E-state index in [4.69, 9.17) is 4.98 Å². The summed E-state index contributed by atoms with van der Waals surface area (Å²) in [5, 5.41) is 11.7. The van der Waals surface area contributed by atoms with Crippen LogP contribution in [-0.2, 0) is 6.54 Å². The number of pyridine rings is 2. The van der Waals surface area contributed by atoms with Gasteiger partial charge in [0.1, 0.15) is 6.07 Å². The Morgan fingerprint density at radius 3 is 2.40 bits per heavy atom. The fourth-order valence-corrected chi connectivity index (χ4v) is 3.89. The van der Waals surface area contributed by atoms with Crippen molar-refractivity contribution in [3.05, 3.63) is 112 Å². The van der Waals surface area contributed by atoms with E-state index in [1.54, 1.807) is 4.57 Å². The first kappa shape index (κ1) is 17.8. The molecule has 0 fully saturated rings. The van der Waals surface area contributed by atoms with E-state index in [0.29, 0.717) is 23.4 Å². The van der Waals surface area contributed by atoms with Crippen molar-refractivity contribution in [3.63, 3.8) is 0 Å². The van der Waals surface area contributed by atoms with Crippen molar-refractivity contribution < 1.29 is 0 Å². The minimum atomic E-state index is -0.211. The molecule has 0 saturated heterocycles. The van der Waals surface area contributed by atoms with Gasteiger partial charge >= 0.3 is 0 Å². The molecule has 2 aromatic heterocycles. The van der Waals surface area contributed by atoms with Gasteiger partial charge in [0.05, 0.1) is 34.4 Å². The predicted octanol–water partition coefficient (Wildman–Crippen LogP) is 5.14. The number of nitriles is 1. The third-order valence-corrected chi connectivity index (χ3v) is 5.32. The van der Waals surface area contributed by atoms with E-state index in [9.17, 15) is 10.1 Å². The van der Waals surface area contributed by atoms with E-state index in [1.807, 2.05) is 91.0 Å². The number of hydrogen-bond donors (Lipinski definition) is 0. The number of fused-ring (bicyclic) bond motifs is 2. The lowest BCUT2D eigenvalue weighted by Gasteiger charge is -2.15. The van der Waals surface area contributed by atoms with Gasteiger partial charge in [-0.3, -0.25) is 4.79 Å². The summed E-state index contributed by atoms with van der Waals surface area (Å²) >= 11 is 0. The quantitative estimate of drug-likeness (QED) is 0.431. The summed E-state index contributed by atoms with van der Waals surface area (Å²) < 4.78 is 1.73. The molecule has 0 amide bonds. The van der Waals surface area contributed by atoms with Crippen LogP contribution >= 0.6 is 0 Å². The Bertz CT molecular complexity index is 1490. The summed E-state index contributed by atoms with van der Waals surface area (Å²) in [6, 6.07) is 31.2. The first-order chi connectivity index (χ1) is 14.8. The zero-order chi connectivity index (χ0) is 20.5. The lowest BCUT2D eigenvalue weighted by atomic mass is 10.00. The fourth-order valence-electron chi connectivity index (χ4n) is 3.89. The second-order valence-electron chi connectivity index (χ2n) is 7.15. The molecule has 4 heteroatoms. The van der Waals surface area contributed by atoms with Crippen LogP contribution in [0, 0.1) is 11.3 Å². The van der Waals surface area contributed by atoms with Crippen molar-refractivity contribution in [3.8, 4) is 17.3 Å². The summed E-state index contributed by atoms with van der Waals surface area (Å²) in [5.41, 5.74) is 3.57. The van der Waals surface area contributed by atoms with Crippen molar-refractivity contribution >= 4 is 21.8 Å². The minimum absolute atomic E-state index is 0.211. The van der Waals surface area contributed by atoms with Gasteiger partial charge in [-0.25, -0.2) is 4.98 Å². The first-order valence-corrected chi connectivity index (χ1v) is 9.72. The smallest absolute Gasteiger partial charge is 0.262 e. The standard InChI is InChI=1S/C26H17N3O/c27-16-21-20-11-5-7-13-24(20)29(17-18-8-2-1-3-9-18)26(30)25(21)23-15-14-19-10-4-6-12-22(19)28-23/h1-15H,17H2. The van der Waals surface area contributed by atoms with Crippen LogP contribution in [0.15, 0.2) is 95.8 Å². The summed E-state index contributed by atoms with van der Waals surface area (Å²) in [6.45, 7) is 0.423. The van der Waals surface area contributed by atoms with Crippen LogP contribution in [0.25, 0.3) is 33.1 Å². The Kier molecular flexibility index (Phi) is 4.34. The Hall–Kier alpha value is -4.23. The monoisotopic (exact) mass is 387 g/mol. The van der Waals surface area contributed by atoms with Crippen LogP contribution < -0.4 is 5.56 Å². The normalized spacial score (nSPS) is 10.9. The Labute approximate surface area is 173 Å². The zero-order valence-electron chi connectivity index (χ0n) is 16.1. The average molecular weight is 387 g/mol. The molecule has 5 aromatic rings. The Morgan fingerprint density at radius 2 is 1.57 bits per heavy atom. The first-order valence-electron chi connectivity index (χ1n) is 9.72. The largest absolute Gasteiger partial charge is 0.303 e. The molecule has 0 aliphatic heterocycles. The van der Waals surface area contributed by atoms with Crippen LogP contribution in [0.2, 0.25) is 0 Å². The van der Waals surface area contributed by atoms with Crippen LogP contribution in [0.4, 0.5) is 0 Å². The highest BCUT2D eigenvalue weighted by Crippen LogP contribution is 2.27. The molecule has 4 nitrogen and oxygen atoms in total. The molecule has 3 aromatic carbocycles. The lowest BCUT2D eigenvalue weighted by molar-refractivity contribution is 0.795. The molecule has 5 rings (SSSR count). The van der Waals surface area contributed by atoms with Gasteiger partial charge in [0.2, 0.25) is 0 Å². The molecule has 0 N–H and O–H groups in total. The maximum absolute atomic E-state index is 13.7. The molecule has 0 unspecified atom stereocenters. The van der Waals surface area contributed by atoms with Crippen molar-refractivity contribution in [2.45, 2.75) is 6.54 Å². The summed E-state index contributed by atoms with van der Waals surface area (Å²) in [5.74, 6) is 0. The predicted molar refractivity (Wildman–Crippen MR) is 119 cm³/mol. The summed E-state index contributed by atoms with van der Waals surface area (Å²) in [4.78, 5) is 18.4. The van der Waals surface area contributed by atoms with Crippen molar-refractivity contribution in [1.82, 2.24) is 9.55 Å². The molecular weight excluding hydrogens is 370 g/mol. The van der Waals surface area contributed by atoms with Crippen LogP contribution in [-0.4, -0.2) is 9.55 Å². The summed E-state index contributed by atoms with van der Waals surface area (Å²) in [7, 11) is 0. The van der Waals surface area contributed by atoms with Gasteiger partial charge in [-0.2, -0.15) is 5.26 Å². The average Bonchev–Trinajstić information content (AvgIpc) is 2.81. The second kappa shape index (κ2) is 7.31. The number of hydrogen-bond acceptors (Lipinski definition) is 3. The highest BCUT2D eigenvalue weighted by Gasteiger charge is 2.19. The second-order valence-corrected chi connectivity index (χ2v) is 7.15. The Morgan fingerprint density at radius 1 is 0.833 bits per heavy atom. The molecule has 142 valence electrons. The number of rotatable bonds is 3. The molecule has 0 radical (unpaired) electrons. The van der Waals surface area contributed by atoms with Crippen molar-refractivity contribution in [2.75, 3.05) is 0 Å². The third kappa shape index (κ3) is 2.94. The lowest BCUT2D eigenvalue weighted by Crippen LogP contribution is -2.24. The van der Waals surface area contributed by atoms with Crippen molar-refractivity contribution in [1.29, 1.82) is 5.26 Å². The van der Waals surface area contributed by atoms with Gasteiger partial charge < -0.3 is 4.57 Å². The zero-order valence-corrected chi connectivity index (χ0v) is 16.1. The van der Waals surface area contributed by atoms with E-state index in [-0.39, 0.29) is 5.56 Å². The highest BCUT2D eigenvalue weighted by atomic mass is 16.1. The number of aromatic nitrogens is 2. The maximum Gasteiger partial charge on any atom is 0.262 e.